The topological polar surface area (TPSA) is 82.1 Å². The molecular weight excluding hydrogens is 455 g/mol. The summed E-state index contributed by atoms with van der Waals surface area (Å²) in [6.07, 6.45) is 1.23. The van der Waals surface area contributed by atoms with E-state index in [0.29, 0.717) is 49.4 Å². The van der Waals surface area contributed by atoms with E-state index in [1.807, 2.05) is 48.2 Å². The van der Waals surface area contributed by atoms with Gasteiger partial charge < -0.3 is 15.1 Å². The van der Waals surface area contributed by atoms with Crippen molar-refractivity contribution in [1.29, 1.82) is 0 Å². The molecule has 180 valence electrons. The van der Waals surface area contributed by atoms with Gasteiger partial charge in [-0.2, -0.15) is 8.42 Å². The van der Waals surface area contributed by atoms with Crippen LogP contribution >= 0.6 is 0 Å². The maximum absolute atomic E-state index is 13.3. The number of benzene rings is 2. The maximum Gasteiger partial charge on any atom is 0.285 e. The third-order valence-corrected chi connectivity index (χ3v) is 7.80. The molecule has 0 atom stereocenters. The number of likely N-dealkylation sites (tertiary alicyclic amines) is 1. The number of sulfonamides is 1. The summed E-state index contributed by atoms with van der Waals surface area (Å²) < 4.78 is 42.8. The van der Waals surface area contributed by atoms with Gasteiger partial charge >= 0.3 is 0 Å². The lowest BCUT2D eigenvalue weighted by atomic mass is 9.95. The summed E-state index contributed by atoms with van der Waals surface area (Å²) in [6.45, 7) is 3.28. The molecule has 7 nitrogen and oxygen atoms in total. The van der Waals surface area contributed by atoms with E-state index < -0.39 is 15.8 Å². The molecule has 4 rings (SSSR count). The van der Waals surface area contributed by atoms with Crippen molar-refractivity contribution < 1.29 is 17.6 Å². The van der Waals surface area contributed by atoms with Crippen molar-refractivity contribution in [1.82, 2.24) is 10.2 Å². The third-order valence-electron chi connectivity index (χ3n) is 6.33. The lowest BCUT2D eigenvalue weighted by Gasteiger charge is -2.32. The molecule has 1 fully saturated rings. The normalized spacial score (nSPS) is 18.1. The van der Waals surface area contributed by atoms with Crippen LogP contribution in [-0.2, 0) is 21.4 Å². The Morgan fingerprint density at radius 2 is 1.71 bits per heavy atom. The molecular formula is C25H29FN4O3S. The fourth-order valence-electron chi connectivity index (χ4n) is 4.38. The Morgan fingerprint density at radius 3 is 2.29 bits per heavy atom. The number of piperidine rings is 1. The summed E-state index contributed by atoms with van der Waals surface area (Å²) in [5.41, 5.74) is 3.11. The van der Waals surface area contributed by atoms with E-state index in [1.54, 1.807) is 6.92 Å². The number of nitrogens with zero attached hydrogens (tertiary/aromatic N) is 3. The lowest BCUT2D eigenvalue weighted by Crippen LogP contribution is -2.43. The number of rotatable bonds is 5. The molecule has 0 bridgehead atoms. The Bertz CT molecular complexity index is 1230. The van der Waals surface area contributed by atoms with E-state index in [2.05, 4.69) is 9.71 Å². The van der Waals surface area contributed by atoms with E-state index in [-0.39, 0.29) is 16.7 Å². The lowest BCUT2D eigenvalue weighted by molar-refractivity contribution is -0.126. The van der Waals surface area contributed by atoms with Gasteiger partial charge in [0.05, 0.1) is 0 Å². The Kier molecular flexibility index (Phi) is 6.74. The Labute approximate surface area is 200 Å². The molecule has 2 aromatic carbocycles. The molecule has 0 unspecified atom stereocenters. The Balaban J connectivity index is 1.36. The molecule has 1 amide bonds. The first-order valence-corrected chi connectivity index (χ1v) is 12.7. The smallest absolute Gasteiger partial charge is 0.285 e. The van der Waals surface area contributed by atoms with Crippen molar-refractivity contribution in [3.8, 4) is 0 Å². The van der Waals surface area contributed by atoms with Crippen molar-refractivity contribution in [3.63, 3.8) is 0 Å². The molecule has 0 radical (unpaired) electrons. The van der Waals surface area contributed by atoms with Crippen molar-refractivity contribution in [2.75, 3.05) is 32.1 Å². The highest BCUT2D eigenvalue weighted by atomic mass is 32.2. The first-order valence-electron chi connectivity index (χ1n) is 11.3. The zero-order valence-corrected chi connectivity index (χ0v) is 20.4. The van der Waals surface area contributed by atoms with Crippen LogP contribution in [0.5, 0.6) is 0 Å². The Morgan fingerprint density at radius 1 is 1.09 bits per heavy atom. The average Bonchev–Trinajstić information content (AvgIpc) is 3.07. The SMILES string of the molecule is CC1=C(c2ccc(F)cc2)S(=O)(=O)N=C1N1CCC(C(=O)NCc2ccc(N(C)C)cc2)CC1. The second-order valence-corrected chi connectivity index (χ2v) is 10.4. The van der Waals surface area contributed by atoms with E-state index in [9.17, 15) is 17.6 Å². The summed E-state index contributed by atoms with van der Waals surface area (Å²) in [4.78, 5) is 16.8. The van der Waals surface area contributed by atoms with Crippen molar-refractivity contribution in [3.05, 3.63) is 71.0 Å². The van der Waals surface area contributed by atoms with Gasteiger partial charge in [0, 0.05) is 50.9 Å². The molecule has 2 aliphatic heterocycles. The van der Waals surface area contributed by atoms with Crippen molar-refractivity contribution >= 4 is 32.4 Å². The minimum Gasteiger partial charge on any atom is -0.378 e. The number of hydrogen-bond acceptors (Lipinski definition) is 5. The van der Waals surface area contributed by atoms with Crippen LogP contribution in [0.2, 0.25) is 0 Å². The maximum atomic E-state index is 13.3. The van der Waals surface area contributed by atoms with Crippen LogP contribution in [0.25, 0.3) is 4.91 Å². The zero-order chi connectivity index (χ0) is 24.5. The molecule has 2 aliphatic rings. The average molecular weight is 485 g/mol. The number of amides is 1. The summed E-state index contributed by atoms with van der Waals surface area (Å²) in [5.74, 6) is -0.128. The molecule has 2 aromatic rings. The molecule has 0 spiro atoms. The van der Waals surface area contributed by atoms with Gasteiger partial charge in [0.1, 0.15) is 16.6 Å². The highest BCUT2D eigenvalue weighted by Crippen LogP contribution is 2.34. The van der Waals surface area contributed by atoms with Gasteiger partial charge in [-0.1, -0.05) is 24.3 Å². The predicted molar refractivity (Wildman–Crippen MR) is 132 cm³/mol. The van der Waals surface area contributed by atoms with Crippen LogP contribution in [-0.4, -0.2) is 52.2 Å². The van der Waals surface area contributed by atoms with Gasteiger partial charge in [-0.05, 0) is 55.2 Å². The monoisotopic (exact) mass is 484 g/mol. The van der Waals surface area contributed by atoms with Gasteiger partial charge in [0.25, 0.3) is 10.0 Å². The first kappa shape index (κ1) is 23.9. The first-order chi connectivity index (χ1) is 16.2. The minimum atomic E-state index is -3.86. The van der Waals surface area contributed by atoms with Gasteiger partial charge in [-0.25, -0.2) is 4.39 Å². The molecule has 0 saturated carbocycles. The van der Waals surface area contributed by atoms with Gasteiger partial charge in [0.15, 0.2) is 0 Å². The van der Waals surface area contributed by atoms with Crippen molar-refractivity contribution in [2.24, 2.45) is 10.3 Å². The number of anilines is 1. The Hall–Kier alpha value is -3.20. The molecule has 2 heterocycles. The number of nitrogens with one attached hydrogen (secondary N) is 1. The molecule has 0 aliphatic carbocycles. The second kappa shape index (κ2) is 9.58. The third kappa shape index (κ3) is 4.99. The van der Waals surface area contributed by atoms with E-state index in [1.165, 1.54) is 24.3 Å². The number of carbonyl (C=O) groups excluding carboxylic acids is 1. The largest absolute Gasteiger partial charge is 0.378 e. The van der Waals surface area contributed by atoms with Gasteiger partial charge in [-0.3, -0.25) is 4.79 Å². The molecule has 1 N–H and O–H groups in total. The highest BCUT2D eigenvalue weighted by molar-refractivity contribution is 8.00. The van der Waals surface area contributed by atoms with E-state index in [0.717, 1.165) is 11.3 Å². The summed E-state index contributed by atoms with van der Waals surface area (Å²) in [7, 11) is 0.108. The van der Waals surface area contributed by atoms with Gasteiger partial charge in [-0.15, -0.1) is 4.40 Å². The van der Waals surface area contributed by atoms with Crippen LogP contribution < -0.4 is 10.2 Å². The van der Waals surface area contributed by atoms with Crippen LogP contribution in [0.1, 0.15) is 30.9 Å². The van der Waals surface area contributed by atoms with Crippen LogP contribution in [0.15, 0.2) is 58.5 Å². The van der Waals surface area contributed by atoms with Crippen LogP contribution in [0.3, 0.4) is 0 Å². The van der Waals surface area contributed by atoms with E-state index >= 15 is 0 Å². The van der Waals surface area contributed by atoms with Crippen molar-refractivity contribution in [2.45, 2.75) is 26.3 Å². The summed E-state index contributed by atoms with van der Waals surface area (Å²) in [5, 5.41) is 3.02. The molecule has 1 saturated heterocycles. The summed E-state index contributed by atoms with van der Waals surface area (Å²) >= 11 is 0. The molecule has 34 heavy (non-hydrogen) atoms. The summed E-state index contributed by atoms with van der Waals surface area (Å²) in [6, 6.07) is 13.4. The van der Waals surface area contributed by atoms with Crippen LogP contribution in [0.4, 0.5) is 10.1 Å². The minimum absolute atomic E-state index is 0.0107. The number of halogens is 1. The number of carbonyl (C=O) groups is 1. The van der Waals surface area contributed by atoms with Crippen LogP contribution in [0, 0.1) is 11.7 Å². The quantitative estimate of drug-likeness (QED) is 0.704. The second-order valence-electron chi connectivity index (χ2n) is 8.89. The standard InChI is InChI=1S/C25H29FN4O3S/c1-17-23(19-6-8-21(26)9-7-19)34(32,33)28-24(17)30-14-12-20(13-15-30)25(31)27-16-18-4-10-22(11-5-18)29(2)3/h4-11,20H,12-16H2,1-3H3,(H,27,31). The fraction of sp³-hybridized carbons (Fsp3) is 0.360. The zero-order valence-electron chi connectivity index (χ0n) is 19.6. The number of hydrogen-bond donors (Lipinski definition) is 1. The molecule has 9 heteroatoms. The number of amidine groups is 1. The molecule has 0 aromatic heterocycles. The predicted octanol–water partition coefficient (Wildman–Crippen LogP) is 3.39. The van der Waals surface area contributed by atoms with E-state index in [4.69, 9.17) is 0 Å². The highest BCUT2D eigenvalue weighted by Gasteiger charge is 2.35. The fourth-order valence-corrected chi connectivity index (χ4v) is 5.87. The van der Waals surface area contributed by atoms with Gasteiger partial charge in [0.2, 0.25) is 5.91 Å².